The number of hydrogen-bond donors (Lipinski definition) is 1. The largest absolute Gasteiger partial charge is 0.397 e. The maximum atomic E-state index is 13.3. The molecule has 0 saturated heterocycles. The number of pyridine rings is 2. The average Bonchev–Trinajstić information content (AvgIpc) is 2.49. The van der Waals surface area contributed by atoms with Crippen molar-refractivity contribution in [3.63, 3.8) is 0 Å². The molecule has 0 aliphatic heterocycles. The molecule has 21 heavy (non-hydrogen) atoms. The second kappa shape index (κ2) is 5.39. The van der Waals surface area contributed by atoms with Crippen molar-refractivity contribution in [2.24, 2.45) is 0 Å². The van der Waals surface area contributed by atoms with Crippen molar-refractivity contribution in [1.29, 1.82) is 0 Å². The SMILES string of the molecule is Nc1c(-c2ccccn2)ccnc1C1CCC(F)(F)CC1. The highest BCUT2D eigenvalue weighted by atomic mass is 19.3. The third-order valence-electron chi connectivity index (χ3n) is 4.07. The van der Waals surface area contributed by atoms with E-state index in [1.807, 2.05) is 24.3 Å². The number of hydrogen-bond acceptors (Lipinski definition) is 3. The summed E-state index contributed by atoms with van der Waals surface area (Å²) in [6, 6.07) is 7.43. The Morgan fingerprint density at radius 3 is 2.48 bits per heavy atom. The Labute approximate surface area is 122 Å². The van der Waals surface area contributed by atoms with Crippen molar-refractivity contribution in [1.82, 2.24) is 9.97 Å². The molecule has 0 aromatic carbocycles. The lowest BCUT2D eigenvalue weighted by molar-refractivity contribution is -0.0384. The first-order chi connectivity index (χ1) is 10.1. The third kappa shape index (κ3) is 2.86. The van der Waals surface area contributed by atoms with E-state index >= 15 is 0 Å². The smallest absolute Gasteiger partial charge is 0.248 e. The van der Waals surface area contributed by atoms with Crippen LogP contribution in [0.3, 0.4) is 0 Å². The summed E-state index contributed by atoms with van der Waals surface area (Å²) < 4.78 is 26.6. The molecule has 5 heteroatoms. The van der Waals surface area contributed by atoms with Crippen molar-refractivity contribution >= 4 is 5.69 Å². The molecule has 110 valence electrons. The molecule has 0 atom stereocenters. The molecule has 1 aliphatic carbocycles. The molecular formula is C16H17F2N3. The fourth-order valence-electron chi connectivity index (χ4n) is 2.87. The van der Waals surface area contributed by atoms with Crippen molar-refractivity contribution in [2.75, 3.05) is 5.73 Å². The Morgan fingerprint density at radius 1 is 1.05 bits per heavy atom. The van der Waals surface area contributed by atoms with Crippen LogP contribution in [0.1, 0.15) is 37.3 Å². The van der Waals surface area contributed by atoms with Gasteiger partial charge in [0.1, 0.15) is 0 Å². The Hall–Kier alpha value is -2.04. The number of anilines is 1. The van der Waals surface area contributed by atoms with E-state index in [9.17, 15) is 8.78 Å². The highest BCUT2D eigenvalue weighted by molar-refractivity contribution is 5.75. The first kappa shape index (κ1) is 13.9. The Bertz CT molecular complexity index is 619. The minimum Gasteiger partial charge on any atom is -0.397 e. The van der Waals surface area contributed by atoms with Gasteiger partial charge in [0.05, 0.1) is 17.1 Å². The average molecular weight is 289 g/mol. The highest BCUT2D eigenvalue weighted by Crippen LogP contribution is 2.42. The van der Waals surface area contributed by atoms with Gasteiger partial charge >= 0.3 is 0 Å². The van der Waals surface area contributed by atoms with Gasteiger partial charge in [-0.2, -0.15) is 0 Å². The lowest BCUT2D eigenvalue weighted by atomic mass is 9.83. The number of nitrogens with two attached hydrogens (primary N) is 1. The van der Waals surface area contributed by atoms with Crippen LogP contribution < -0.4 is 5.73 Å². The summed E-state index contributed by atoms with van der Waals surface area (Å²) >= 11 is 0. The molecule has 1 aliphatic rings. The fraction of sp³-hybridized carbons (Fsp3) is 0.375. The van der Waals surface area contributed by atoms with Crippen LogP contribution in [-0.2, 0) is 0 Å². The molecule has 2 aromatic heterocycles. The van der Waals surface area contributed by atoms with Crippen LogP contribution in [0.25, 0.3) is 11.3 Å². The minimum absolute atomic E-state index is 0.00767. The zero-order valence-electron chi connectivity index (χ0n) is 11.6. The summed E-state index contributed by atoms with van der Waals surface area (Å²) in [5.74, 6) is -2.53. The first-order valence-electron chi connectivity index (χ1n) is 7.10. The molecule has 0 spiro atoms. The molecule has 0 bridgehead atoms. The third-order valence-corrected chi connectivity index (χ3v) is 4.07. The number of nitrogen functional groups attached to an aromatic ring is 1. The molecule has 0 unspecified atom stereocenters. The van der Waals surface area contributed by atoms with Gasteiger partial charge in [0.15, 0.2) is 0 Å². The maximum absolute atomic E-state index is 13.3. The van der Waals surface area contributed by atoms with E-state index in [0.29, 0.717) is 18.5 Å². The van der Waals surface area contributed by atoms with Crippen LogP contribution in [0.5, 0.6) is 0 Å². The lowest BCUT2D eigenvalue weighted by Gasteiger charge is -2.28. The Balaban J connectivity index is 1.91. The van der Waals surface area contributed by atoms with E-state index in [1.54, 1.807) is 12.4 Å². The van der Waals surface area contributed by atoms with Gasteiger partial charge in [-0.05, 0) is 31.0 Å². The number of aromatic nitrogens is 2. The fourth-order valence-corrected chi connectivity index (χ4v) is 2.87. The van der Waals surface area contributed by atoms with Crippen LogP contribution >= 0.6 is 0 Å². The predicted octanol–water partition coefficient (Wildman–Crippen LogP) is 4.02. The summed E-state index contributed by atoms with van der Waals surface area (Å²) in [4.78, 5) is 8.63. The molecule has 3 rings (SSSR count). The maximum Gasteiger partial charge on any atom is 0.248 e. The second-order valence-corrected chi connectivity index (χ2v) is 5.50. The molecule has 0 amide bonds. The van der Waals surface area contributed by atoms with Gasteiger partial charge in [-0.3, -0.25) is 9.97 Å². The van der Waals surface area contributed by atoms with Crippen molar-refractivity contribution in [3.8, 4) is 11.3 Å². The summed E-state index contributed by atoms with van der Waals surface area (Å²) in [6.45, 7) is 0. The van der Waals surface area contributed by atoms with E-state index in [0.717, 1.165) is 17.0 Å². The highest BCUT2D eigenvalue weighted by Gasteiger charge is 2.36. The predicted molar refractivity (Wildman–Crippen MR) is 78.0 cm³/mol. The van der Waals surface area contributed by atoms with E-state index in [-0.39, 0.29) is 18.8 Å². The molecular weight excluding hydrogens is 272 g/mol. The molecule has 3 nitrogen and oxygen atoms in total. The molecule has 1 fully saturated rings. The second-order valence-electron chi connectivity index (χ2n) is 5.50. The molecule has 2 aromatic rings. The van der Waals surface area contributed by atoms with E-state index in [4.69, 9.17) is 5.73 Å². The number of alkyl halides is 2. The number of nitrogens with zero attached hydrogens (tertiary/aromatic N) is 2. The zero-order chi connectivity index (χ0) is 14.9. The monoisotopic (exact) mass is 289 g/mol. The van der Waals surface area contributed by atoms with Gasteiger partial charge in [0, 0.05) is 36.7 Å². The van der Waals surface area contributed by atoms with Crippen LogP contribution in [0.4, 0.5) is 14.5 Å². The summed E-state index contributed by atoms with van der Waals surface area (Å²) in [6.07, 6.45) is 4.06. The normalized spacial score (nSPS) is 18.6. The van der Waals surface area contributed by atoms with Crippen LogP contribution in [0.2, 0.25) is 0 Å². The molecule has 1 saturated carbocycles. The number of halogens is 2. The Morgan fingerprint density at radius 2 is 1.81 bits per heavy atom. The minimum atomic E-state index is -2.54. The van der Waals surface area contributed by atoms with Crippen LogP contribution in [0, 0.1) is 0 Å². The zero-order valence-corrected chi connectivity index (χ0v) is 11.6. The summed E-state index contributed by atoms with van der Waals surface area (Å²) in [5, 5.41) is 0. The van der Waals surface area contributed by atoms with E-state index < -0.39 is 5.92 Å². The van der Waals surface area contributed by atoms with Gasteiger partial charge in [-0.25, -0.2) is 8.78 Å². The van der Waals surface area contributed by atoms with Gasteiger partial charge in [0.25, 0.3) is 0 Å². The summed E-state index contributed by atoms with van der Waals surface area (Å²) in [5.41, 5.74) is 9.11. The standard InChI is InChI=1S/C16H17F2N3/c17-16(18)7-4-11(5-8-16)15-14(19)12(6-10-21-15)13-3-1-2-9-20-13/h1-3,6,9-11H,4-5,7-8,19H2. The van der Waals surface area contributed by atoms with Gasteiger partial charge in [-0.1, -0.05) is 6.07 Å². The van der Waals surface area contributed by atoms with Gasteiger partial charge in [0.2, 0.25) is 5.92 Å². The van der Waals surface area contributed by atoms with E-state index in [2.05, 4.69) is 9.97 Å². The molecule has 2 heterocycles. The van der Waals surface area contributed by atoms with Crippen molar-refractivity contribution in [3.05, 3.63) is 42.4 Å². The first-order valence-corrected chi connectivity index (χ1v) is 7.10. The van der Waals surface area contributed by atoms with Gasteiger partial charge in [-0.15, -0.1) is 0 Å². The number of rotatable bonds is 2. The summed E-state index contributed by atoms with van der Waals surface area (Å²) in [7, 11) is 0. The van der Waals surface area contributed by atoms with Crippen molar-refractivity contribution in [2.45, 2.75) is 37.5 Å². The van der Waals surface area contributed by atoms with Crippen molar-refractivity contribution < 1.29 is 8.78 Å². The van der Waals surface area contributed by atoms with Crippen LogP contribution in [0.15, 0.2) is 36.7 Å². The van der Waals surface area contributed by atoms with Crippen LogP contribution in [-0.4, -0.2) is 15.9 Å². The molecule has 0 radical (unpaired) electrons. The van der Waals surface area contributed by atoms with E-state index in [1.165, 1.54) is 0 Å². The quantitative estimate of drug-likeness (QED) is 0.908. The van der Waals surface area contributed by atoms with Gasteiger partial charge < -0.3 is 5.73 Å². The lowest BCUT2D eigenvalue weighted by Crippen LogP contribution is -2.24. The Kier molecular flexibility index (Phi) is 3.57. The molecule has 2 N–H and O–H groups in total. The topological polar surface area (TPSA) is 51.8 Å².